The van der Waals surface area contributed by atoms with Crippen LogP contribution in [-0.2, 0) is 11.3 Å². The minimum absolute atomic E-state index is 0.0150. The smallest absolute Gasteiger partial charge is 0.220 e. The van der Waals surface area contributed by atoms with E-state index in [1.54, 1.807) is 0 Å². The lowest BCUT2D eigenvalue weighted by atomic mass is 9.92. The lowest BCUT2D eigenvalue weighted by Gasteiger charge is -2.16. The second-order valence-electron chi connectivity index (χ2n) is 5.09. The molecule has 1 amide bonds. The summed E-state index contributed by atoms with van der Waals surface area (Å²) in [4.78, 5) is 12.1. The molecule has 3 heteroatoms. The van der Waals surface area contributed by atoms with Crippen LogP contribution in [0.2, 0.25) is 0 Å². The Labute approximate surface area is 125 Å². The Bertz CT molecular complexity index is 540. The van der Waals surface area contributed by atoms with Gasteiger partial charge in [0.15, 0.2) is 0 Å². The number of nitrogens with one attached hydrogen (secondary N) is 1. The number of benzene rings is 2. The average Bonchev–Trinajstić information content (AvgIpc) is 2.54. The normalized spacial score (nSPS) is 11.9. The number of carbonyl (C=O) groups is 1. The summed E-state index contributed by atoms with van der Waals surface area (Å²) in [6.07, 6.45) is 1.00. The van der Waals surface area contributed by atoms with Gasteiger partial charge in [-0.1, -0.05) is 60.7 Å². The van der Waals surface area contributed by atoms with Gasteiger partial charge >= 0.3 is 0 Å². The molecule has 2 aromatic carbocycles. The molecule has 0 aromatic heterocycles. The van der Waals surface area contributed by atoms with Crippen LogP contribution in [-0.4, -0.2) is 17.6 Å². The highest BCUT2D eigenvalue weighted by atomic mass is 16.3. The fourth-order valence-electron chi connectivity index (χ4n) is 2.36. The van der Waals surface area contributed by atoms with Crippen LogP contribution in [0.4, 0.5) is 0 Å². The van der Waals surface area contributed by atoms with Gasteiger partial charge in [0.2, 0.25) is 5.91 Å². The monoisotopic (exact) mass is 283 g/mol. The van der Waals surface area contributed by atoms with E-state index >= 15 is 0 Å². The predicted octanol–water partition coefficient (Wildman–Crippen LogP) is 2.86. The number of hydrogen-bond acceptors (Lipinski definition) is 2. The zero-order chi connectivity index (χ0) is 14.9. The summed E-state index contributed by atoms with van der Waals surface area (Å²) in [5, 5.41) is 12.1. The molecule has 0 heterocycles. The van der Waals surface area contributed by atoms with Gasteiger partial charge in [0.25, 0.3) is 0 Å². The first kappa shape index (κ1) is 15.3. The molecular formula is C18H21NO2. The van der Waals surface area contributed by atoms with Crippen molar-refractivity contribution in [2.75, 3.05) is 6.61 Å². The summed E-state index contributed by atoms with van der Waals surface area (Å²) in [5.74, 6) is 0.0770. The Morgan fingerprint density at radius 2 is 1.62 bits per heavy atom. The van der Waals surface area contributed by atoms with Crippen molar-refractivity contribution in [1.82, 2.24) is 5.32 Å². The Morgan fingerprint density at radius 1 is 1.00 bits per heavy atom. The van der Waals surface area contributed by atoms with E-state index in [2.05, 4.69) is 5.32 Å². The van der Waals surface area contributed by atoms with Gasteiger partial charge in [0, 0.05) is 19.6 Å². The average molecular weight is 283 g/mol. The highest BCUT2D eigenvalue weighted by Gasteiger charge is 2.15. The predicted molar refractivity (Wildman–Crippen MR) is 83.8 cm³/mol. The molecule has 21 heavy (non-hydrogen) atoms. The number of amides is 1. The van der Waals surface area contributed by atoms with Crippen molar-refractivity contribution < 1.29 is 9.90 Å². The van der Waals surface area contributed by atoms with Crippen LogP contribution in [0.25, 0.3) is 0 Å². The van der Waals surface area contributed by atoms with E-state index in [9.17, 15) is 9.90 Å². The molecule has 2 N–H and O–H groups in total. The molecular weight excluding hydrogens is 262 g/mol. The first-order valence-corrected chi connectivity index (χ1v) is 7.26. The van der Waals surface area contributed by atoms with Gasteiger partial charge in [-0.3, -0.25) is 4.79 Å². The van der Waals surface area contributed by atoms with Gasteiger partial charge in [-0.05, 0) is 23.5 Å². The van der Waals surface area contributed by atoms with Crippen molar-refractivity contribution in [2.24, 2.45) is 0 Å². The number of aliphatic hydroxyl groups is 1. The van der Waals surface area contributed by atoms with E-state index in [1.165, 1.54) is 0 Å². The Hall–Kier alpha value is -2.13. The third-order valence-corrected chi connectivity index (χ3v) is 3.51. The fourth-order valence-corrected chi connectivity index (χ4v) is 2.36. The van der Waals surface area contributed by atoms with Crippen LogP contribution in [0.3, 0.4) is 0 Å². The van der Waals surface area contributed by atoms with Crippen LogP contribution in [0.5, 0.6) is 0 Å². The van der Waals surface area contributed by atoms with Crippen LogP contribution in [0, 0.1) is 0 Å². The summed E-state index contributed by atoms with van der Waals surface area (Å²) in [7, 11) is 0. The second kappa shape index (κ2) is 8.22. The molecule has 0 saturated heterocycles. The molecule has 2 rings (SSSR count). The number of carbonyl (C=O) groups excluding carboxylic acids is 1. The van der Waals surface area contributed by atoms with Crippen LogP contribution < -0.4 is 5.32 Å². The standard InChI is InChI=1S/C18H21NO2/c20-12-11-17(16-9-5-2-6-10-16)13-18(21)19-14-15-7-3-1-4-8-15/h1-10,17,20H,11-14H2,(H,19,21). The maximum absolute atomic E-state index is 12.1. The van der Waals surface area contributed by atoms with Gasteiger partial charge < -0.3 is 10.4 Å². The fraction of sp³-hybridized carbons (Fsp3) is 0.278. The van der Waals surface area contributed by atoms with Crippen molar-refractivity contribution in [3.63, 3.8) is 0 Å². The summed E-state index contributed by atoms with van der Waals surface area (Å²) < 4.78 is 0. The van der Waals surface area contributed by atoms with Crippen LogP contribution >= 0.6 is 0 Å². The molecule has 0 spiro atoms. The topological polar surface area (TPSA) is 49.3 Å². The first-order chi connectivity index (χ1) is 10.3. The summed E-state index contributed by atoms with van der Waals surface area (Å²) in [6, 6.07) is 19.7. The minimum Gasteiger partial charge on any atom is -0.396 e. The third-order valence-electron chi connectivity index (χ3n) is 3.51. The van der Waals surface area contributed by atoms with Gasteiger partial charge in [-0.2, -0.15) is 0 Å². The molecule has 0 saturated carbocycles. The molecule has 0 fully saturated rings. The number of hydrogen-bond donors (Lipinski definition) is 2. The van der Waals surface area contributed by atoms with E-state index < -0.39 is 0 Å². The molecule has 0 radical (unpaired) electrons. The Kier molecular flexibility index (Phi) is 5.98. The highest BCUT2D eigenvalue weighted by molar-refractivity contribution is 5.76. The number of aliphatic hydroxyl groups excluding tert-OH is 1. The van der Waals surface area contributed by atoms with E-state index in [4.69, 9.17) is 0 Å². The molecule has 1 unspecified atom stereocenters. The van der Waals surface area contributed by atoms with Crippen molar-refractivity contribution in [2.45, 2.75) is 25.3 Å². The van der Waals surface area contributed by atoms with Crippen molar-refractivity contribution in [3.05, 3.63) is 71.8 Å². The SMILES string of the molecule is O=C(CC(CCO)c1ccccc1)NCc1ccccc1. The maximum atomic E-state index is 12.1. The zero-order valence-electron chi connectivity index (χ0n) is 12.0. The lowest BCUT2D eigenvalue weighted by molar-refractivity contribution is -0.121. The molecule has 0 aliphatic carbocycles. The molecule has 110 valence electrons. The Morgan fingerprint density at radius 3 is 2.24 bits per heavy atom. The van der Waals surface area contributed by atoms with E-state index in [-0.39, 0.29) is 18.4 Å². The maximum Gasteiger partial charge on any atom is 0.220 e. The quantitative estimate of drug-likeness (QED) is 0.821. The van der Waals surface area contributed by atoms with Crippen molar-refractivity contribution in [3.8, 4) is 0 Å². The van der Waals surface area contributed by atoms with E-state index in [0.29, 0.717) is 19.4 Å². The second-order valence-corrected chi connectivity index (χ2v) is 5.09. The van der Waals surface area contributed by atoms with Crippen LogP contribution in [0.15, 0.2) is 60.7 Å². The first-order valence-electron chi connectivity index (χ1n) is 7.26. The molecule has 0 bridgehead atoms. The minimum atomic E-state index is 0.0150. The van der Waals surface area contributed by atoms with Gasteiger partial charge in [0.05, 0.1) is 0 Å². The van der Waals surface area contributed by atoms with Gasteiger partial charge in [0.1, 0.15) is 0 Å². The summed E-state index contributed by atoms with van der Waals surface area (Å²) >= 11 is 0. The largest absolute Gasteiger partial charge is 0.396 e. The van der Waals surface area contributed by atoms with E-state index in [1.807, 2.05) is 60.7 Å². The van der Waals surface area contributed by atoms with Crippen LogP contribution in [0.1, 0.15) is 29.9 Å². The molecule has 3 nitrogen and oxygen atoms in total. The summed E-state index contributed by atoms with van der Waals surface area (Å²) in [5.41, 5.74) is 2.19. The Balaban J connectivity index is 1.89. The molecule has 0 aliphatic heterocycles. The van der Waals surface area contributed by atoms with Gasteiger partial charge in [-0.15, -0.1) is 0 Å². The molecule has 0 aliphatic rings. The molecule has 1 atom stereocenters. The van der Waals surface area contributed by atoms with Crippen molar-refractivity contribution >= 4 is 5.91 Å². The van der Waals surface area contributed by atoms with Crippen molar-refractivity contribution in [1.29, 1.82) is 0 Å². The summed E-state index contributed by atoms with van der Waals surface area (Å²) in [6.45, 7) is 0.631. The number of rotatable bonds is 7. The lowest BCUT2D eigenvalue weighted by Crippen LogP contribution is -2.24. The van der Waals surface area contributed by atoms with E-state index in [0.717, 1.165) is 11.1 Å². The highest BCUT2D eigenvalue weighted by Crippen LogP contribution is 2.22. The third kappa shape index (κ3) is 5.04. The molecule has 2 aromatic rings. The van der Waals surface area contributed by atoms with Gasteiger partial charge in [-0.25, -0.2) is 0 Å². The zero-order valence-corrected chi connectivity index (χ0v) is 12.0.